The lowest BCUT2D eigenvalue weighted by molar-refractivity contribution is 0.660. The van der Waals surface area contributed by atoms with Crippen LogP contribution in [0.15, 0.2) is 267 Å². The summed E-state index contributed by atoms with van der Waals surface area (Å²) in [6.07, 6.45) is 0. The third kappa shape index (κ3) is 6.85. The zero-order valence-corrected chi connectivity index (χ0v) is 45.3. The molecule has 80 heavy (non-hydrogen) atoms. The van der Waals surface area contributed by atoms with Gasteiger partial charge in [-0.05, 0) is 160 Å². The number of hydrogen-bond acceptors (Lipinski definition) is 2. The Hall–Kier alpha value is -9.76. The van der Waals surface area contributed by atoms with Crippen LogP contribution in [0, 0.1) is 0 Å². The summed E-state index contributed by atoms with van der Waals surface area (Å²) in [4.78, 5) is 5.10. The van der Waals surface area contributed by atoms with E-state index in [1.165, 1.54) is 121 Å². The molecule has 0 heterocycles. The molecule has 0 aliphatic heterocycles. The SMILES string of the molecule is CC1(C)c2ccccc2-c2ccc(N(c3ccc4ccccc4c3)c3cc(-c4ccccc4)c4ccc5c(N(c6ccc7c(c6)C(C)(C)c6ccccc6-7)c6ccc7ccccc7c6)cc(-c6ccccc6)c6ccc3c4c65)cc21. The molecule has 0 fully saturated rings. The molecule has 0 amide bonds. The van der Waals surface area contributed by atoms with Crippen molar-refractivity contribution in [3.05, 3.63) is 289 Å². The number of fused-ring (bicyclic) bond motifs is 8. The Balaban J connectivity index is 1.02. The summed E-state index contributed by atoms with van der Waals surface area (Å²) in [6, 6.07) is 101. The van der Waals surface area contributed by atoms with Crippen molar-refractivity contribution >= 4 is 88.0 Å². The smallest absolute Gasteiger partial charge is 0.0546 e. The molecule has 0 unspecified atom stereocenters. The summed E-state index contributed by atoms with van der Waals surface area (Å²) in [5, 5.41) is 12.2. The first kappa shape index (κ1) is 46.3. The van der Waals surface area contributed by atoms with E-state index in [2.05, 4.69) is 304 Å². The van der Waals surface area contributed by atoms with Gasteiger partial charge in [0.1, 0.15) is 0 Å². The van der Waals surface area contributed by atoms with E-state index in [4.69, 9.17) is 0 Å². The number of benzene rings is 14. The second-order valence-electron chi connectivity index (χ2n) is 23.2. The molecule has 378 valence electrons. The fourth-order valence-electron chi connectivity index (χ4n) is 14.2. The highest BCUT2D eigenvalue weighted by Gasteiger charge is 2.38. The highest BCUT2D eigenvalue weighted by molar-refractivity contribution is 6.32. The minimum atomic E-state index is -0.186. The zero-order chi connectivity index (χ0) is 53.4. The van der Waals surface area contributed by atoms with E-state index in [1.807, 2.05) is 0 Å². The quantitative estimate of drug-likeness (QED) is 0.140. The summed E-state index contributed by atoms with van der Waals surface area (Å²) in [5.74, 6) is 0. The Morgan fingerprint density at radius 1 is 0.237 bits per heavy atom. The van der Waals surface area contributed by atoms with Crippen LogP contribution in [-0.2, 0) is 10.8 Å². The highest BCUT2D eigenvalue weighted by atomic mass is 15.2. The Bertz CT molecular complexity index is 4530. The molecule has 0 saturated heterocycles. The monoisotopic (exact) mass is 1020 g/mol. The highest BCUT2D eigenvalue weighted by Crippen LogP contribution is 2.56. The second kappa shape index (κ2) is 17.4. The number of hydrogen-bond donors (Lipinski definition) is 0. The summed E-state index contributed by atoms with van der Waals surface area (Å²) in [7, 11) is 0. The fraction of sp³-hybridized carbons (Fsp3) is 0.0769. The van der Waals surface area contributed by atoms with Crippen molar-refractivity contribution in [1.82, 2.24) is 0 Å². The first-order valence-corrected chi connectivity index (χ1v) is 28.2. The van der Waals surface area contributed by atoms with E-state index >= 15 is 0 Å². The van der Waals surface area contributed by atoms with E-state index in [9.17, 15) is 0 Å². The van der Waals surface area contributed by atoms with Gasteiger partial charge in [0, 0.05) is 55.1 Å². The molecular weight excluding hydrogens is 965 g/mol. The van der Waals surface area contributed by atoms with Gasteiger partial charge in [0.25, 0.3) is 0 Å². The summed E-state index contributed by atoms with van der Waals surface area (Å²) >= 11 is 0. The second-order valence-corrected chi connectivity index (χ2v) is 23.2. The minimum absolute atomic E-state index is 0.186. The molecule has 0 radical (unpaired) electrons. The van der Waals surface area contributed by atoms with Crippen LogP contribution in [0.2, 0.25) is 0 Å². The normalized spacial score (nSPS) is 13.7. The standard InChI is InChI=1S/C78H56N2/c1-77(2)69-29-17-15-27-59(69)61-37-35-57(45-71(61)77)79(55-33-31-49-19-11-13-25-53(49)43-55)73-47-67(51-21-7-5-8-22-51)63-40-42-66-74(48-68(52-23-9-6-10-24-52)64-39-41-65(73)75(63)76(64)66)80(56-34-32-50-20-12-14-26-54(50)44-56)58-36-38-62-60-28-16-18-30-70(60)78(3,4)72(62)46-58/h5-48H,1-4H3. The van der Waals surface area contributed by atoms with Gasteiger partial charge in [0.2, 0.25) is 0 Å². The predicted molar refractivity (Wildman–Crippen MR) is 341 cm³/mol. The van der Waals surface area contributed by atoms with Gasteiger partial charge in [-0.3, -0.25) is 0 Å². The largest absolute Gasteiger partial charge is 0.310 e. The molecule has 16 rings (SSSR count). The van der Waals surface area contributed by atoms with Crippen molar-refractivity contribution in [1.29, 1.82) is 0 Å². The van der Waals surface area contributed by atoms with E-state index < -0.39 is 0 Å². The molecule has 0 atom stereocenters. The fourth-order valence-corrected chi connectivity index (χ4v) is 14.2. The average molecular weight is 1020 g/mol. The summed E-state index contributed by atoms with van der Waals surface area (Å²) in [5.41, 5.74) is 21.8. The van der Waals surface area contributed by atoms with Crippen LogP contribution >= 0.6 is 0 Å². The van der Waals surface area contributed by atoms with Crippen molar-refractivity contribution in [3.8, 4) is 44.5 Å². The van der Waals surface area contributed by atoms with Crippen LogP contribution in [0.1, 0.15) is 49.9 Å². The summed E-state index contributed by atoms with van der Waals surface area (Å²) in [6.45, 7) is 9.54. The Kier molecular flexibility index (Phi) is 10.1. The van der Waals surface area contributed by atoms with Crippen LogP contribution < -0.4 is 9.80 Å². The third-order valence-corrected chi connectivity index (χ3v) is 18.1. The maximum absolute atomic E-state index is 2.55. The van der Waals surface area contributed by atoms with Gasteiger partial charge in [-0.15, -0.1) is 0 Å². The van der Waals surface area contributed by atoms with E-state index in [0.717, 1.165) is 34.1 Å². The summed E-state index contributed by atoms with van der Waals surface area (Å²) < 4.78 is 0. The van der Waals surface area contributed by atoms with Gasteiger partial charge in [0.05, 0.1) is 11.4 Å². The Labute approximate surface area is 467 Å². The van der Waals surface area contributed by atoms with Gasteiger partial charge in [-0.1, -0.05) is 234 Å². The van der Waals surface area contributed by atoms with E-state index in [-0.39, 0.29) is 10.8 Å². The van der Waals surface area contributed by atoms with Crippen LogP contribution in [0.5, 0.6) is 0 Å². The first-order valence-electron chi connectivity index (χ1n) is 28.2. The van der Waals surface area contributed by atoms with Gasteiger partial charge in [-0.2, -0.15) is 0 Å². The Morgan fingerprint density at radius 3 is 1.01 bits per heavy atom. The van der Waals surface area contributed by atoms with E-state index in [0.29, 0.717) is 0 Å². The van der Waals surface area contributed by atoms with Crippen LogP contribution in [0.3, 0.4) is 0 Å². The molecule has 2 heteroatoms. The molecule has 2 aliphatic rings. The molecule has 0 bridgehead atoms. The Morgan fingerprint density at radius 2 is 0.575 bits per heavy atom. The average Bonchev–Trinajstić information content (AvgIpc) is 4.02. The molecule has 14 aromatic carbocycles. The molecular formula is C78H56N2. The lowest BCUT2D eigenvalue weighted by atomic mass is 9.82. The van der Waals surface area contributed by atoms with Gasteiger partial charge in [-0.25, -0.2) is 0 Å². The van der Waals surface area contributed by atoms with E-state index in [1.54, 1.807) is 0 Å². The molecule has 2 nitrogen and oxygen atoms in total. The zero-order valence-electron chi connectivity index (χ0n) is 45.3. The lowest BCUT2D eigenvalue weighted by Gasteiger charge is -2.32. The van der Waals surface area contributed by atoms with Crippen molar-refractivity contribution in [2.75, 3.05) is 9.80 Å². The molecule has 0 aromatic heterocycles. The third-order valence-electron chi connectivity index (χ3n) is 18.1. The number of anilines is 6. The number of rotatable bonds is 8. The minimum Gasteiger partial charge on any atom is -0.310 e. The molecule has 0 spiro atoms. The van der Waals surface area contributed by atoms with Crippen LogP contribution in [-0.4, -0.2) is 0 Å². The van der Waals surface area contributed by atoms with Crippen LogP contribution in [0.25, 0.3) is 98.4 Å². The van der Waals surface area contributed by atoms with Gasteiger partial charge >= 0.3 is 0 Å². The van der Waals surface area contributed by atoms with Crippen molar-refractivity contribution in [2.45, 2.75) is 38.5 Å². The maximum atomic E-state index is 2.55. The molecule has 14 aromatic rings. The van der Waals surface area contributed by atoms with Gasteiger partial charge in [0.15, 0.2) is 0 Å². The number of nitrogens with zero attached hydrogens (tertiary/aromatic N) is 2. The lowest BCUT2D eigenvalue weighted by Crippen LogP contribution is -2.17. The molecule has 2 aliphatic carbocycles. The molecule has 0 N–H and O–H groups in total. The van der Waals surface area contributed by atoms with Crippen molar-refractivity contribution in [3.63, 3.8) is 0 Å². The maximum Gasteiger partial charge on any atom is 0.0546 e. The predicted octanol–water partition coefficient (Wildman–Crippen LogP) is 21.8. The van der Waals surface area contributed by atoms with Crippen molar-refractivity contribution < 1.29 is 0 Å². The van der Waals surface area contributed by atoms with Crippen LogP contribution in [0.4, 0.5) is 34.1 Å². The van der Waals surface area contributed by atoms with Crippen molar-refractivity contribution in [2.24, 2.45) is 0 Å². The molecule has 0 saturated carbocycles. The topological polar surface area (TPSA) is 6.48 Å². The van der Waals surface area contributed by atoms with Gasteiger partial charge < -0.3 is 9.80 Å². The first-order chi connectivity index (χ1) is 39.2.